The van der Waals surface area contributed by atoms with Gasteiger partial charge in [-0.2, -0.15) is 0 Å². The van der Waals surface area contributed by atoms with Crippen molar-refractivity contribution >= 4 is 21.6 Å². The molecule has 0 radical (unpaired) electrons. The zero-order chi connectivity index (χ0) is 16.0. The van der Waals surface area contributed by atoms with Crippen molar-refractivity contribution < 1.29 is 13.2 Å². The van der Waals surface area contributed by atoms with E-state index in [9.17, 15) is 13.2 Å². The summed E-state index contributed by atoms with van der Waals surface area (Å²) in [6.07, 6.45) is 2.52. The van der Waals surface area contributed by atoms with Crippen LogP contribution in [0.4, 0.5) is 5.69 Å². The monoisotopic (exact) mass is 313 g/mol. The van der Waals surface area contributed by atoms with Crippen molar-refractivity contribution in [3.05, 3.63) is 24.3 Å². The summed E-state index contributed by atoms with van der Waals surface area (Å²) >= 11 is 0. The van der Waals surface area contributed by atoms with E-state index in [0.717, 1.165) is 17.1 Å². The highest BCUT2D eigenvalue weighted by Crippen LogP contribution is 2.16. The Morgan fingerprint density at radius 2 is 1.86 bits per heavy atom. The minimum absolute atomic E-state index is 0.181. The summed E-state index contributed by atoms with van der Waals surface area (Å²) in [5, 5.41) is 2.69. The minimum Gasteiger partial charge on any atom is -0.325 e. The second-order valence-electron chi connectivity index (χ2n) is 5.05. The van der Waals surface area contributed by atoms with Gasteiger partial charge in [0, 0.05) is 19.8 Å². The predicted molar refractivity (Wildman–Crippen MR) is 83.4 cm³/mol. The third-order valence-electron chi connectivity index (χ3n) is 3.11. The third-order valence-corrected chi connectivity index (χ3v) is 4.94. The fourth-order valence-corrected chi connectivity index (χ4v) is 2.61. The molecule has 0 fully saturated rings. The highest BCUT2D eigenvalue weighted by Gasteiger charge is 2.17. The lowest BCUT2D eigenvalue weighted by Gasteiger charge is -2.13. The van der Waals surface area contributed by atoms with Crippen molar-refractivity contribution in [2.24, 2.45) is 5.73 Å². The van der Waals surface area contributed by atoms with E-state index in [0.29, 0.717) is 12.1 Å². The summed E-state index contributed by atoms with van der Waals surface area (Å²) in [6, 6.07) is 5.49. The molecule has 0 saturated carbocycles. The third kappa shape index (κ3) is 4.80. The van der Waals surface area contributed by atoms with Crippen molar-refractivity contribution in [3.8, 4) is 0 Å². The number of nitrogens with one attached hydrogen (secondary N) is 1. The number of nitrogens with zero attached hydrogens (tertiary/aromatic N) is 1. The van der Waals surface area contributed by atoms with Gasteiger partial charge in [0.15, 0.2) is 0 Å². The van der Waals surface area contributed by atoms with Gasteiger partial charge in [0.25, 0.3) is 0 Å². The van der Waals surface area contributed by atoms with Crippen LogP contribution in [-0.4, -0.2) is 38.8 Å². The van der Waals surface area contributed by atoms with E-state index < -0.39 is 16.1 Å². The molecule has 118 valence electrons. The number of hydrogen-bond acceptors (Lipinski definition) is 4. The molecule has 0 heterocycles. The fraction of sp³-hybridized carbons (Fsp3) is 0.500. The largest absolute Gasteiger partial charge is 0.325 e. The van der Waals surface area contributed by atoms with Crippen LogP contribution in [-0.2, 0) is 14.8 Å². The maximum Gasteiger partial charge on any atom is 0.242 e. The minimum atomic E-state index is -3.45. The van der Waals surface area contributed by atoms with Crippen LogP contribution in [0.1, 0.15) is 26.2 Å². The molecule has 6 nitrogen and oxygen atoms in total. The highest BCUT2D eigenvalue weighted by molar-refractivity contribution is 7.89. The first-order valence-corrected chi connectivity index (χ1v) is 8.32. The quantitative estimate of drug-likeness (QED) is 0.795. The first-order chi connectivity index (χ1) is 9.78. The summed E-state index contributed by atoms with van der Waals surface area (Å²) in [4.78, 5) is 12.0. The molecule has 1 amide bonds. The Kier molecular flexibility index (Phi) is 6.32. The number of anilines is 1. The summed E-state index contributed by atoms with van der Waals surface area (Å²) < 4.78 is 25.0. The van der Waals surface area contributed by atoms with Gasteiger partial charge in [-0.3, -0.25) is 4.79 Å². The predicted octanol–water partition coefficient (Wildman–Crippen LogP) is 1.39. The van der Waals surface area contributed by atoms with Crippen molar-refractivity contribution in [2.75, 3.05) is 19.4 Å². The standard InChI is InChI=1S/C14H23N3O3S/c1-4-5-6-13(15)14(18)16-11-7-9-12(10-8-11)21(19,20)17(2)3/h7-10,13H,4-6,15H2,1-3H3,(H,16,18)/t13-/m0/s1. The molecule has 3 N–H and O–H groups in total. The van der Waals surface area contributed by atoms with Crippen molar-refractivity contribution in [2.45, 2.75) is 37.1 Å². The maximum absolute atomic E-state index is 11.9. The number of hydrogen-bond donors (Lipinski definition) is 2. The Balaban J connectivity index is 2.74. The molecular weight excluding hydrogens is 290 g/mol. The molecular formula is C14H23N3O3S. The second-order valence-corrected chi connectivity index (χ2v) is 7.20. The Labute approximate surface area is 126 Å². The molecule has 1 atom stereocenters. The molecule has 0 aromatic heterocycles. The molecule has 0 aliphatic rings. The van der Waals surface area contributed by atoms with Crippen LogP contribution in [0.15, 0.2) is 29.2 Å². The molecule has 0 aliphatic heterocycles. The normalized spacial score (nSPS) is 13.2. The Morgan fingerprint density at radius 3 is 2.33 bits per heavy atom. The molecule has 0 spiro atoms. The van der Waals surface area contributed by atoms with Crippen LogP contribution >= 0.6 is 0 Å². The molecule has 1 aromatic rings. The molecule has 7 heteroatoms. The Hall–Kier alpha value is -1.44. The van der Waals surface area contributed by atoms with Crippen LogP contribution in [0.5, 0.6) is 0 Å². The van der Waals surface area contributed by atoms with Gasteiger partial charge in [-0.05, 0) is 30.7 Å². The Morgan fingerprint density at radius 1 is 1.29 bits per heavy atom. The molecule has 21 heavy (non-hydrogen) atoms. The van der Waals surface area contributed by atoms with Gasteiger partial charge in [-0.25, -0.2) is 12.7 Å². The van der Waals surface area contributed by atoms with Gasteiger partial charge in [-0.15, -0.1) is 0 Å². The second kappa shape index (κ2) is 7.53. The number of sulfonamides is 1. The zero-order valence-corrected chi connectivity index (χ0v) is 13.5. The number of rotatable bonds is 7. The van der Waals surface area contributed by atoms with Gasteiger partial charge in [0.2, 0.25) is 15.9 Å². The fourth-order valence-electron chi connectivity index (χ4n) is 1.71. The first-order valence-electron chi connectivity index (χ1n) is 6.88. The van der Waals surface area contributed by atoms with E-state index in [1.54, 1.807) is 12.1 Å². The highest BCUT2D eigenvalue weighted by atomic mass is 32.2. The van der Waals surface area contributed by atoms with Gasteiger partial charge < -0.3 is 11.1 Å². The van der Waals surface area contributed by atoms with Crippen LogP contribution in [0.2, 0.25) is 0 Å². The maximum atomic E-state index is 11.9. The summed E-state index contributed by atoms with van der Waals surface area (Å²) in [7, 11) is -0.515. The van der Waals surface area contributed by atoms with Gasteiger partial charge in [0.05, 0.1) is 10.9 Å². The topological polar surface area (TPSA) is 92.5 Å². The molecule has 0 saturated heterocycles. The number of amides is 1. The summed E-state index contributed by atoms with van der Waals surface area (Å²) in [5.41, 5.74) is 6.31. The number of benzene rings is 1. The molecule has 1 rings (SSSR count). The number of unbranched alkanes of at least 4 members (excludes halogenated alkanes) is 1. The van der Waals surface area contributed by atoms with Crippen molar-refractivity contribution in [3.63, 3.8) is 0 Å². The molecule has 0 aliphatic carbocycles. The summed E-state index contributed by atoms with van der Waals surface area (Å²) in [5.74, 6) is -0.258. The van der Waals surface area contributed by atoms with Crippen LogP contribution in [0, 0.1) is 0 Å². The zero-order valence-electron chi connectivity index (χ0n) is 12.7. The van der Waals surface area contributed by atoms with Crippen LogP contribution < -0.4 is 11.1 Å². The van der Waals surface area contributed by atoms with E-state index in [-0.39, 0.29) is 10.8 Å². The molecule has 0 unspecified atom stereocenters. The lowest BCUT2D eigenvalue weighted by atomic mass is 10.1. The first kappa shape index (κ1) is 17.6. The van der Waals surface area contributed by atoms with Crippen molar-refractivity contribution in [1.29, 1.82) is 0 Å². The van der Waals surface area contributed by atoms with Gasteiger partial charge >= 0.3 is 0 Å². The van der Waals surface area contributed by atoms with E-state index in [1.807, 2.05) is 6.92 Å². The average Bonchev–Trinajstić information content (AvgIpc) is 2.45. The SMILES string of the molecule is CCCC[C@H](N)C(=O)Nc1ccc(S(=O)(=O)N(C)C)cc1. The van der Waals surface area contributed by atoms with E-state index in [2.05, 4.69) is 5.32 Å². The number of nitrogens with two attached hydrogens (primary N) is 1. The Bertz CT molecular complexity index is 568. The van der Waals surface area contributed by atoms with Gasteiger partial charge in [0.1, 0.15) is 0 Å². The number of carbonyl (C=O) groups is 1. The molecule has 1 aromatic carbocycles. The smallest absolute Gasteiger partial charge is 0.242 e. The van der Waals surface area contributed by atoms with E-state index in [4.69, 9.17) is 5.73 Å². The molecule has 0 bridgehead atoms. The van der Waals surface area contributed by atoms with E-state index in [1.165, 1.54) is 26.2 Å². The lowest BCUT2D eigenvalue weighted by molar-refractivity contribution is -0.117. The van der Waals surface area contributed by atoms with Crippen LogP contribution in [0.25, 0.3) is 0 Å². The van der Waals surface area contributed by atoms with Crippen molar-refractivity contribution in [1.82, 2.24) is 4.31 Å². The average molecular weight is 313 g/mol. The number of carbonyl (C=O) groups excluding carboxylic acids is 1. The van der Waals surface area contributed by atoms with Crippen LogP contribution in [0.3, 0.4) is 0 Å². The van der Waals surface area contributed by atoms with Gasteiger partial charge in [-0.1, -0.05) is 19.8 Å². The van der Waals surface area contributed by atoms with E-state index >= 15 is 0 Å². The lowest BCUT2D eigenvalue weighted by Crippen LogP contribution is -2.35. The summed E-state index contributed by atoms with van der Waals surface area (Å²) in [6.45, 7) is 2.04.